The number of nitrogens with two attached hydrogens (primary N) is 1. The molecule has 3 nitrogen and oxygen atoms in total. The van der Waals surface area contributed by atoms with E-state index >= 15 is 0 Å². The summed E-state index contributed by atoms with van der Waals surface area (Å²) >= 11 is 0. The first-order valence-electron chi connectivity index (χ1n) is 3.96. The van der Waals surface area contributed by atoms with Crippen molar-refractivity contribution in [1.29, 1.82) is 0 Å². The highest BCUT2D eigenvalue weighted by atomic mass is 16.6. The molecule has 12 heavy (non-hydrogen) atoms. The van der Waals surface area contributed by atoms with Gasteiger partial charge in [-0.05, 0) is 27.2 Å². The minimum Gasteiger partial charge on any atom is -0.459 e. The van der Waals surface area contributed by atoms with Crippen LogP contribution in [-0.4, -0.2) is 17.6 Å². The van der Waals surface area contributed by atoms with E-state index in [0.29, 0.717) is 6.42 Å². The van der Waals surface area contributed by atoms with Gasteiger partial charge in [-0.25, -0.2) is 0 Å². The summed E-state index contributed by atoms with van der Waals surface area (Å²) < 4.78 is 5.04. The van der Waals surface area contributed by atoms with Crippen LogP contribution in [0.5, 0.6) is 0 Å². The average molecular weight is 171 g/mol. The number of hydrogen-bond acceptors (Lipinski definition) is 3. The first-order chi connectivity index (χ1) is 5.37. The van der Waals surface area contributed by atoms with Crippen LogP contribution in [0.25, 0.3) is 0 Å². The van der Waals surface area contributed by atoms with Crippen molar-refractivity contribution in [2.24, 2.45) is 5.73 Å². The number of ether oxygens (including phenoxy) is 1. The zero-order valence-electron chi connectivity index (χ0n) is 7.96. The second kappa shape index (κ2) is 4.26. The van der Waals surface area contributed by atoms with Crippen molar-refractivity contribution in [2.45, 2.75) is 38.8 Å². The molecule has 0 aromatic rings. The van der Waals surface area contributed by atoms with E-state index in [-0.39, 0.29) is 5.97 Å². The van der Waals surface area contributed by atoms with Crippen molar-refractivity contribution in [3.8, 4) is 0 Å². The van der Waals surface area contributed by atoms with E-state index in [2.05, 4.69) is 6.58 Å². The van der Waals surface area contributed by atoms with Crippen LogP contribution in [0.1, 0.15) is 27.2 Å². The van der Waals surface area contributed by atoms with Crippen LogP contribution in [0, 0.1) is 0 Å². The molecule has 0 heterocycles. The zero-order valence-corrected chi connectivity index (χ0v) is 7.96. The van der Waals surface area contributed by atoms with Crippen LogP contribution >= 0.6 is 0 Å². The van der Waals surface area contributed by atoms with Crippen LogP contribution in [0.3, 0.4) is 0 Å². The highest BCUT2D eigenvalue weighted by Crippen LogP contribution is 2.08. The van der Waals surface area contributed by atoms with Gasteiger partial charge < -0.3 is 10.5 Å². The summed E-state index contributed by atoms with van der Waals surface area (Å²) in [7, 11) is 0. The number of hydrogen-bond donors (Lipinski definition) is 1. The lowest BCUT2D eigenvalue weighted by molar-refractivity contribution is -0.156. The van der Waals surface area contributed by atoms with Gasteiger partial charge in [0.05, 0.1) is 0 Å². The molecular formula is C9H17NO2. The molecular weight excluding hydrogens is 154 g/mol. The van der Waals surface area contributed by atoms with Crippen LogP contribution in [-0.2, 0) is 9.53 Å². The molecule has 0 amide bonds. The van der Waals surface area contributed by atoms with E-state index in [4.69, 9.17) is 10.5 Å². The molecule has 70 valence electrons. The van der Waals surface area contributed by atoms with Gasteiger partial charge in [-0.1, -0.05) is 6.08 Å². The van der Waals surface area contributed by atoms with Crippen LogP contribution in [0.2, 0.25) is 0 Å². The lowest BCUT2D eigenvalue weighted by atomic mass is 10.1. The minimum absolute atomic E-state index is 0.373. The number of carbonyl (C=O) groups is 1. The van der Waals surface area contributed by atoms with E-state index in [1.54, 1.807) is 6.08 Å². The largest absolute Gasteiger partial charge is 0.459 e. The topological polar surface area (TPSA) is 52.3 Å². The maximum absolute atomic E-state index is 11.2. The predicted molar refractivity (Wildman–Crippen MR) is 48.6 cm³/mol. The molecule has 1 atom stereocenters. The molecule has 0 aromatic carbocycles. The lowest BCUT2D eigenvalue weighted by Crippen LogP contribution is -2.36. The second-order valence-electron chi connectivity index (χ2n) is 3.66. The number of carbonyl (C=O) groups excluding carboxylic acids is 1. The molecule has 0 saturated heterocycles. The fourth-order valence-electron chi connectivity index (χ4n) is 0.653. The molecule has 0 radical (unpaired) electrons. The van der Waals surface area contributed by atoms with E-state index in [1.807, 2.05) is 20.8 Å². The third-order valence-electron chi connectivity index (χ3n) is 1.13. The third-order valence-corrected chi connectivity index (χ3v) is 1.13. The fourth-order valence-corrected chi connectivity index (χ4v) is 0.653. The van der Waals surface area contributed by atoms with E-state index in [9.17, 15) is 4.79 Å². The summed E-state index contributed by atoms with van der Waals surface area (Å²) in [4.78, 5) is 11.2. The Kier molecular flexibility index (Phi) is 3.96. The van der Waals surface area contributed by atoms with Gasteiger partial charge in [0.25, 0.3) is 0 Å². The van der Waals surface area contributed by atoms with Gasteiger partial charge in [-0.2, -0.15) is 0 Å². The number of rotatable bonds is 3. The van der Waals surface area contributed by atoms with Crippen LogP contribution in [0.15, 0.2) is 12.7 Å². The molecule has 2 N–H and O–H groups in total. The van der Waals surface area contributed by atoms with Crippen molar-refractivity contribution in [3.05, 3.63) is 12.7 Å². The monoisotopic (exact) mass is 171 g/mol. The van der Waals surface area contributed by atoms with Gasteiger partial charge in [0.2, 0.25) is 0 Å². The van der Waals surface area contributed by atoms with Gasteiger partial charge in [0.1, 0.15) is 11.6 Å². The Hall–Kier alpha value is -0.830. The van der Waals surface area contributed by atoms with Crippen molar-refractivity contribution in [3.63, 3.8) is 0 Å². The Morgan fingerprint density at radius 1 is 1.67 bits per heavy atom. The van der Waals surface area contributed by atoms with Crippen molar-refractivity contribution < 1.29 is 9.53 Å². The van der Waals surface area contributed by atoms with E-state index in [1.165, 1.54) is 0 Å². The van der Waals surface area contributed by atoms with E-state index < -0.39 is 11.6 Å². The smallest absolute Gasteiger partial charge is 0.323 e. The summed E-state index contributed by atoms with van der Waals surface area (Å²) in [5.41, 5.74) is 5.03. The molecule has 0 aliphatic heterocycles. The summed E-state index contributed by atoms with van der Waals surface area (Å²) in [5, 5.41) is 0. The average Bonchev–Trinajstić information content (AvgIpc) is 1.84. The molecule has 0 rings (SSSR count). The molecule has 3 heteroatoms. The Balaban J connectivity index is 3.95. The highest BCUT2D eigenvalue weighted by molar-refractivity contribution is 5.76. The second-order valence-corrected chi connectivity index (χ2v) is 3.66. The molecule has 0 aliphatic carbocycles. The quantitative estimate of drug-likeness (QED) is 0.513. The van der Waals surface area contributed by atoms with Crippen LogP contribution < -0.4 is 5.73 Å². The standard InChI is InChI=1S/C9H17NO2/c1-5-6-7(10)8(11)12-9(2,3)4/h5,7H,1,6,10H2,2-4H3/t7-/m1/s1. The Bertz CT molecular complexity index is 170. The predicted octanol–water partition coefficient (Wildman–Crippen LogP) is 1.23. The fraction of sp³-hybridized carbons (Fsp3) is 0.667. The Morgan fingerprint density at radius 3 is 2.50 bits per heavy atom. The van der Waals surface area contributed by atoms with Gasteiger partial charge in [0, 0.05) is 0 Å². The number of esters is 1. The van der Waals surface area contributed by atoms with Crippen molar-refractivity contribution in [2.75, 3.05) is 0 Å². The zero-order chi connectivity index (χ0) is 9.78. The minimum atomic E-state index is -0.582. The van der Waals surface area contributed by atoms with Gasteiger partial charge in [-0.3, -0.25) is 4.79 Å². The normalized spacial score (nSPS) is 13.7. The lowest BCUT2D eigenvalue weighted by Gasteiger charge is -2.21. The van der Waals surface area contributed by atoms with Crippen molar-refractivity contribution in [1.82, 2.24) is 0 Å². The van der Waals surface area contributed by atoms with Crippen LogP contribution in [0.4, 0.5) is 0 Å². The Morgan fingerprint density at radius 2 is 2.17 bits per heavy atom. The third kappa shape index (κ3) is 4.91. The molecule has 0 fully saturated rings. The SMILES string of the molecule is C=CC[C@@H](N)C(=O)OC(C)(C)C. The summed E-state index contributed by atoms with van der Waals surface area (Å²) in [5.74, 6) is -0.373. The highest BCUT2D eigenvalue weighted by Gasteiger charge is 2.20. The molecule has 0 bridgehead atoms. The summed E-state index contributed by atoms with van der Waals surface area (Å²) in [6.07, 6.45) is 2.06. The summed E-state index contributed by atoms with van der Waals surface area (Å²) in [6, 6.07) is -0.582. The molecule has 0 unspecified atom stereocenters. The maximum Gasteiger partial charge on any atom is 0.323 e. The van der Waals surface area contributed by atoms with Gasteiger partial charge in [-0.15, -0.1) is 6.58 Å². The van der Waals surface area contributed by atoms with Gasteiger partial charge in [0.15, 0.2) is 0 Å². The first-order valence-corrected chi connectivity index (χ1v) is 3.96. The van der Waals surface area contributed by atoms with Crippen molar-refractivity contribution >= 4 is 5.97 Å². The maximum atomic E-state index is 11.2. The first kappa shape index (κ1) is 11.2. The molecule has 0 aliphatic rings. The summed E-state index contributed by atoms with van der Waals surface area (Å²) in [6.45, 7) is 8.92. The van der Waals surface area contributed by atoms with E-state index in [0.717, 1.165) is 0 Å². The molecule has 0 aromatic heterocycles. The Labute approximate surface area is 73.6 Å². The molecule has 0 spiro atoms. The molecule has 0 saturated carbocycles. The van der Waals surface area contributed by atoms with Gasteiger partial charge >= 0.3 is 5.97 Å².